The normalized spacial score (nSPS) is 27.5. The Labute approximate surface area is 99.6 Å². The Hall–Kier alpha value is -0.570. The summed E-state index contributed by atoms with van der Waals surface area (Å²) >= 11 is 0. The second kappa shape index (κ2) is 6.24. The maximum Gasteiger partial charge on any atom is 0.227 e. The molecule has 0 saturated carbocycles. The van der Waals surface area contributed by atoms with Crippen molar-refractivity contribution in [3.05, 3.63) is 0 Å². The predicted molar refractivity (Wildman–Crippen MR) is 67.3 cm³/mol. The van der Waals surface area contributed by atoms with Crippen LogP contribution in [0.25, 0.3) is 0 Å². The van der Waals surface area contributed by atoms with Gasteiger partial charge in [-0.15, -0.1) is 0 Å². The van der Waals surface area contributed by atoms with Gasteiger partial charge in [-0.1, -0.05) is 13.8 Å². The van der Waals surface area contributed by atoms with Gasteiger partial charge in [0.05, 0.1) is 5.92 Å². The minimum Gasteiger partial charge on any atom is -0.340 e. The average Bonchev–Trinajstić information content (AvgIpc) is 2.29. The van der Waals surface area contributed by atoms with Gasteiger partial charge in [-0.3, -0.25) is 4.79 Å². The Morgan fingerprint density at radius 2 is 2.12 bits per heavy atom. The predicted octanol–water partition coefficient (Wildman–Crippen LogP) is 1.88. The minimum atomic E-state index is 0.192. The summed E-state index contributed by atoms with van der Waals surface area (Å²) in [5, 5.41) is 3.35. The van der Waals surface area contributed by atoms with Gasteiger partial charge in [-0.05, 0) is 39.2 Å². The van der Waals surface area contributed by atoms with Crippen LogP contribution in [-0.4, -0.2) is 36.5 Å². The lowest BCUT2D eigenvalue weighted by atomic mass is 9.90. The fourth-order valence-electron chi connectivity index (χ4n) is 2.48. The van der Waals surface area contributed by atoms with Crippen LogP contribution in [0.1, 0.15) is 40.5 Å². The fourth-order valence-corrected chi connectivity index (χ4v) is 2.48. The van der Waals surface area contributed by atoms with E-state index in [4.69, 9.17) is 0 Å². The van der Waals surface area contributed by atoms with E-state index in [-0.39, 0.29) is 5.92 Å². The summed E-state index contributed by atoms with van der Waals surface area (Å²) in [4.78, 5) is 14.4. The summed E-state index contributed by atoms with van der Waals surface area (Å²) in [7, 11) is 0. The van der Waals surface area contributed by atoms with Crippen LogP contribution in [0, 0.1) is 11.8 Å². The summed E-state index contributed by atoms with van der Waals surface area (Å²) in [6, 6.07) is 0.370. The number of piperidine rings is 1. The molecule has 94 valence electrons. The lowest BCUT2D eigenvalue weighted by Gasteiger charge is -2.34. The van der Waals surface area contributed by atoms with E-state index < -0.39 is 0 Å². The zero-order valence-electron chi connectivity index (χ0n) is 11.1. The maximum atomic E-state index is 12.4. The van der Waals surface area contributed by atoms with Crippen LogP contribution in [0.3, 0.4) is 0 Å². The molecule has 0 spiro atoms. The van der Waals surface area contributed by atoms with Gasteiger partial charge < -0.3 is 10.2 Å². The van der Waals surface area contributed by atoms with Crippen molar-refractivity contribution in [1.82, 2.24) is 10.2 Å². The third-order valence-electron chi connectivity index (χ3n) is 3.67. The molecule has 1 aliphatic heterocycles. The van der Waals surface area contributed by atoms with Crippen LogP contribution in [0.4, 0.5) is 0 Å². The molecule has 3 nitrogen and oxygen atoms in total. The summed E-state index contributed by atoms with van der Waals surface area (Å²) in [5.74, 6) is 1.16. The molecule has 1 saturated heterocycles. The first-order chi connectivity index (χ1) is 7.60. The Bertz CT molecular complexity index is 230. The smallest absolute Gasteiger partial charge is 0.227 e. The monoisotopic (exact) mass is 226 g/mol. The summed E-state index contributed by atoms with van der Waals surface area (Å²) in [6.45, 7) is 11.3. The van der Waals surface area contributed by atoms with Gasteiger partial charge in [-0.25, -0.2) is 0 Å². The SMILES string of the molecule is CCC(C)N(CC)C(=O)C1CNCC(C)C1. The van der Waals surface area contributed by atoms with E-state index in [1.54, 1.807) is 0 Å². The molecule has 3 heteroatoms. The molecular weight excluding hydrogens is 200 g/mol. The van der Waals surface area contributed by atoms with Crippen molar-refractivity contribution in [2.45, 2.75) is 46.6 Å². The highest BCUT2D eigenvalue weighted by molar-refractivity contribution is 5.79. The van der Waals surface area contributed by atoms with Gasteiger partial charge in [0.25, 0.3) is 0 Å². The van der Waals surface area contributed by atoms with Gasteiger partial charge in [-0.2, -0.15) is 0 Å². The second-order valence-corrected chi connectivity index (χ2v) is 5.08. The van der Waals surface area contributed by atoms with Crippen LogP contribution >= 0.6 is 0 Å². The molecular formula is C13H26N2O. The number of nitrogens with zero attached hydrogens (tertiary/aromatic N) is 1. The van der Waals surface area contributed by atoms with Crippen LogP contribution in [0.15, 0.2) is 0 Å². The molecule has 3 unspecified atom stereocenters. The first-order valence-corrected chi connectivity index (χ1v) is 6.61. The quantitative estimate of drug-likeness (QED) is 0.794. The molecule has 0 aromatic carbocycles. The number of carbonyl (C=O) groups is 1. The molecule has 1 amide bonds. The lowest BCUT2D eigenvalue weighted by molar-refractivity contribution is -0.138. The number of hydrogen-bond donors (Lipinski definition) is 1. The van der Waals surface area contributed by atoms with Gasteiger partial charge in [0.2, 0.25) is 5.91 Å². The van der Waals surface area contributed by atoms with Crippen molar-refractivity contribution in [2.75, 3.05) is 19.6 Å². The van der Waals surface area contributed by atoms with E-state index in [0.29, 0.717) is 17.9 Å². The molecule has 1 heterocycles. The van der Waals surface area contributed by atoms with E-state index in [0.717, 1.165) is 32.5 Å². The summed E-state index contributed by atoms with van der Waals surface area (Å²) < 4.78 is 0. The summed E-state index contributed by atoms with van der Waals surface area (Å²) in [5.41, 5.74) is 0. The molecule has 0 bridgehead atoms. The topological polar surface area (TPSA) is 32.3 Å². The van der Waals surface area contributed by atoms with Crippen molar-refractivity contribution < 1.29 is 4.79 Å². The molecule has 3 atom stereocenters. The third-order valence-corrected chi connectivity index (χ3v) is 3.67. The molecule has 1 aliphatic rings. The van der Waals surface area contributed by atoms with E-state index >= 15 is 0 Å². The number of nitrogens with one attached hydrogen (secondary N) is 1. The first kappa shape index (κ1) is 13.5. The molecule has 16 heavy (non-hydrogen) atoms. The number of rotatable bonds is 4. The van der Waals surface area contributed by atoms with Crippen LogP contribution in [0.2, 0.25) is 0 Å². The second-order valence-electron chi connectivity index (χ2n) is 5.08. The van der Waals surface area contributed by atoms with Gasteiger partial charge >= 0.3 is 0 Å². The molecule has 0 radical (unpaired) electrons. The Balaban J connectivity index is 2.59. The fraction of sp³-hybridized carbons (Fsp3) is 0.923. The van der Waals surface area contributed by atoms with Gasteiger partial charge in [0.15, 0.2) is 0 Å². The molecule has 0 aliphatic carbocycles. The van der Waals surface area contributed by atoms with Gasteiger partial charge in [0, 0.05) is 19.1 Å². The molecule has 1 N–H and O–H groups in total. The highest BCUT2D eigenvalue weighted by Gasteiger charge is 2.29. The van der Waals surface area contributed by atoms with Crippen molar-refractivity contribution >= 4 is 5.91 Å². The Morgan fingerprint density at radius 3 is 2.62 bits per heavy atom. The third kappa shape index (κ3) is 3.21. The maximum absolute atomic E-state index is 12.4. The van der Waals surface area contributed by atoms with Crippen molar-refractivity contribution in [1.29, 1.82) is 0 Å². The van der Waals surface area contributed by atoms with Crippen molar-refractivity contribution in [3.63, 3.8) is 0 Å². The zero-order valence-corrected chi connectivity index (χ0v) is 11.1. The summed E-state index contributed by atoms with van der Waals surface area (Å²) in [6.07, 6.45) is 2.08. The standard InChI is InChI=1S/C13H26N2O/c1-5-11(4)15(6-2)13(16)12-7-10(3)8-14-9-12/h10-12,14H,5-9H2,1-4H3. The Morgan fingerprint density at radius 1 is 1.44 bits per heavy atom. The molecule has 0 aromatic heterocycles. The zero-order chi connectivity index (χ0) is 12.1. The van der Waals surface area contributed by atoms with Crippen LogP contribution < -0.4 is 5.32 Å². The largest absolute Gasteiger partial charge is 0.340 e. The first-order valence-electron chi connectivity index (χ1n) is 6.61. The van der Waals surface area contributed by atoms with E-state index in [1.807, 2.05) is 4.90 Å². The average molecular weight is 226 g/mol. The van der Waals surface area contributed by atoms with Crippen LogP contribution in [0.5, 0.6) is 0 Å². The number of amides is 1. The van der Waals surface area contributed by atoms with Crippen molar-refractivity contribution in [2.24, 2.45) is 11.8 Å². The van der Waals surface area contributed by atoms with Crippen molar-refractivity contribution in [3.8, 4) is 0 Å². The Kier molecular flexibility index (Phi) is 5.26. The highest BCUT2D eigenvalue weighted by Crippen LogP contribution is 2.19. The molecule has 1 rings (SSSR count). The number of carbonyl (C=O) groups excluding carboxylic acids is 1. The highest BCUT2D eigenvalue weighted by atomic mass is 16.2. The minimum absolute atomic E-state index is 0.192. The van der Waals surface area contributed by atoms with E-state index in [1.165, 1.54) is 0 Å². The molecule has 1 fully saturated rings. The molecule has 0 aromatic rings. The van der Waals surface area contributed by atoms with Gasteiger partial charge in [0.1, 0.15) is 0 Å². The number of hydrogen-bond acceptors (Lipinski definition) is 2. The lowest BCUT2D eigenvalue weighted by Crippen LogP contribution is -2.47. The van der Waals surface area contributed by atoms with E-state index in [9.17, 15) is 4.79 Å². The van der Waals surface area contributed by atoms with E-state index in [2.05, 4.69) is 33.0 Å². The van der Waals surface area contributed by atoms with Crippen LogP contribution in [-0.2, 0) is 4.79 Å².